The highest BCUT2D eigenvalue weighted by molar-refractivity contribution is 7.71. The molecule has 0 aliphatic rings. The largest absolute Gasteiger partial charge is 0.417 e. The van der Waals surface area contributed by atoms with Crippen LogP contribution >= 0.6 is 7.80 Å². The predicted octanol–water partition coefficient (Wildman–Crippen LogP) is 7.48. The highest BCUT2D eigenvalue weighted by atomic mass is 31.1. The van der Waals surface area contributed by atoms with Gasteiger partial charge in [0.1, 0.15) is 0 Å². The molecule has 3 rings (SSSR count). The Bertz CT molecular complexity index is 1350. The number of rotatable bonds is 5. The predicted molar refractivity (Wildman–Crippen MR) is 123 cm³/mol. The second-order valence-electron chi connectivity index (χ2n) is 8.30. The highest BCUT2D eigenvalue weighted by Gasteiger charge is 2.44. The third-order valence-corrected chi connectivity index (χ3v) is 7.45. The molecule has 0 amide bonds. The minimum Gasteiger partial charge on any atom is -0.289 e. The second kappa shape index (κ2) is 9.62. The summed E-state index contributed by atoms with van der Waals surface area (Å²) in [6.07, 6.45) is -10.6. The molecule has 0 spiro atoms. The molecule has 0 heterocycles. The van der Waals surface area contributed by atoms with E-state index in [9.17, 15) is 40.5 Å². The third kappa shape index (κ3) is 4.98. The van der Waals surface area contributed by atoms with Gasteiger partial charge in [-0.15, -0.1) is 0 Å². The van der Waals surface area contributed by atoms with Gasteiger partial charge in [0, 0.05) is 11.1 Å². The van der Waals surface area contributed by atoms with Crippen LogP contribution in [0.2, 0.25) is 0 Å². The Morgan fingerprint density at radius 1 is 0.694 bits per heavy atom. The van der Waals surface area contributed by atoms with Gasteiger partial charge in [0.05, 0.1) is 22.0 Å². The average molecular weight is 525 g/mol. The van der Waals surface area contributed by atoms with E-state index < -0.39 is 53.5 Å². The van der Waals surface area contributed by atoms with Crippen LogP contribution in [0, 0.1) is 27.7 Å². The number of hydrogen-bond acceptors (Lipinski definition) is 3. The van der Waals surface area contributed by atoms with Crippen LogP contribution in [-0.4, -0.2) is 11.3 Å². The van der Waals surface area contributed by atoms with Crippen molar-refractivity contribution < 1.29 is 40.5 Å². The van der Waals surface area contributed by atoms with E-state index in [4.69, 9.17) is 0 Å². The number of halogens is 6. The maximum atomic E-state index is 13.6. The van der Waals surface area contributed by atoms with Gasteiger partial charge in [-0.05, 0) is 74.2 Å². The second-order valence-corrected chi connectivity index (χ2v) is 9.78. The molecule has 36 heavy (non-hydrogen) atoms. The van der Waals surface area contributed by atoms with E-state index in [0.29, 0.717) is 29.3 Å². The Kier molecular flexibility index (Phi) is 7.29. The van der Waals surface area contributed by atoms with Crippen molar-refractivity contribution in [3.63, 3.8) is 0 Å². The van der Waals surface area contributed by atoms with Crippen LogP contribution < -0.4 is 5.30 Å². The van der Waals surface area contributed by atoms with E-state index in [1.165, 1.54) is 18.2 Å². The molecule has 0 bridgehead atoms. The molecule has 1 unspecified atom stereocenters. The molecule has 0 saturated heterocycles. The first-order valence-corrected chi connectivity index (χ1v) is 11.8. The van der Waals surface area contributed by atoms with E-state index in [1.54, 1.807) is 27.7 Å². The number of carbonyl (C=O) groups excluding carboxylic acids is 2. The van der Waals surface area contributed by atoms with Crippen molar-refractivity contribution in [1.82, 2.24) is 0 Å². The molecule has 0 aliphatic carbocycles. The van der Waals surface area contributed by atoms with Gasteiger partial charge in [0.15, 0.2) is 13.6 Å². The van der Waals surface area contributed by atoms with Crippen molar-refractivity contribution >= 4 is 24.4 Å². The molecule has 0 aliphatic heterocycles. The summed E-state index contributed by atoms with van der Waals surface area (Å²) in [5, 5.41) is -0.439. The lowest BCUT2D eigenvalue weighted by Crippen LogP contribution is -2.22. The first kappa shape index (κ1) is 27.3. The summed E-state index contributed by atoms with van der Waals surface area (Å²) >= 11 is 0. The number of benzene rings is 3. The minimum absolute atomic E-state index is 0.235. The fourth-order valence-corrected chi connectivity index (χ4v) is 5.28. The van der Waals surface area contributed by atoms with Crippen LogP contribution in [0.3, 0.4) is 0 Å². The topological polar surface area (TPSA) is 51.2 Å². The Morgan fingerprint density at radius 2 is 1.17 bits per heavy atom. The van der Waals surface area contributed by atoms with Crippen molar-refractivity contribution in [2.24, 2.45) is 0 Å². The molecular formula is C26H20F6O3P. The maximum absolute atomic E-state index is 13.6. The van der Waals surface area contributed by atoms with Gasteiger partial charge in [0.2, 0.25) is 5.52 Å². The SMILES string of the molecule is Cc1cc(C)c(C)c(C(=O)c2ccccc2[P](=O)C(=O)c2c(C(F)(F)F)cccc2C(F)(F)F)c1C. The van der Waals surface area contributed by atoms with Crippen molar-refractivity contribution in [2.45, 2.75) is 40.0 Å². The zero-order valence-electron chi connectivity index (χ0n) is 19.6. The van der Waals surface area contributed by atoms with E-state index in [0.717, 1.165) is 17.2 Å². The summed E-state index contributed by atoms with van der Waals surface area (Å²) in [5.41, 5.74) is -4.47. The lowest BCUT2D eigenvalue weighted by atomic mass is 9.89. The zero-order chi connectivity index (χ0) is 27.2. The van der Waals surface area contributed by atoms with Crippen LogP contribution in [-0.2, 0) is 16.9 Å². The van der Waals surface area contributed by atoms with Crippen molar-refractivity contribution in [2.75, 3.05) is 0 Å². The van der Waals surface area contributed by atoms with Crippen LogP contribution in [0.5, 0.6) is 0 Å². The summed E-state index contributed by atoms with van der Waals surface area (Å²) in [7, 11) is -3.53. The summed E-state index contributed by atoms with van der Waals surface area (Å²) in [5.74, 6) is -0.635. The van der Waals surface area contributed by atoms with E-state index in [1.807, 2.05) is 6.07 Å². The van der Waals surface area contributed by atoms with Crippen LogP contribution in [0.15, 0.2) is 48.5 Å². The fraction of sp³-hybridized carbons (Fsp3) is 0.231. The van der Waals surface area contributed by atoms with Crippen LogP contribution in [0.1, 0.15) is 59.7 Å². The molecule has 1 radical (unpaired) electrons. The monoisotopic (exact) mass is 525 g/mol. The summed E-state index contributed by atoms with van der Waals surface area (Å²) in [6.45, 7) is 6.94. The molecule has 0 saturated carbocycles. The van der Waals surface area contributed by atoms with Crippen molar-refractivity contribution in [1.29, 1.82) is 0 Å². The van der Waals surface area contributed by atoms with E-state index in [2.05, 4.69) is 0 Å². The lowest BCUT2D eigenvalue weighted by Gasteiger charge is -2.18. The van der Waals surface area contributed by atoms with Gasteiger partial charge >= 0.3 is 12.4 Å². The van der Waals surface area contributed by atoms with Crippen LogP contribution in [0.25, 0.3) is 0 Å². The van der Waals surface area contributed by atoms with Crippen LogP contribution in [0.4, 0.5) is 26.3 Å². The summed E-state index contributed by atoms with van der Waals surface area (Å²) in [4.78, 5) is 26.6. The minimum atomic E-state index is -5.31. The molecule has 0 aromatic heterocycles. The Hall–Kier alpha value is -3.32. The molecule has 3 aromatic rings. The van der Waals surface area contributed by atoms with E-state index in [-0.39, 0.29) is 11.1 Å². The molecule has 0 N–H and O–H groups in total. The normalized spacial score (nSPS) is 12.4. The summed E-state index contributed by atoms with van der Waals surface area (Å²) in [6, 6.07) is 8.09. The molecule has 189 valence electrons. The van der Waals surface area contributed by atoms with Gasteiger partial charge in [-0.3, -0.25) is 14.2 Å². The van der Waals surface area contributed by atoms with Gasteiger partial charge in [0.25, 0.3) is 0 Å². The number of alkyl halides is 6. The zero-order valence-corrected chi connectivity index (χ0v) is 20.5. The average Bonchev–Trinajstić information content (AvgIpc) is 2.80. The standard InChI is InChI=1S/C26H20F6O3P/c1-13-12-14(2)16(4)21(15(13)3)23(33)17-8-5-6-11-20(17)36(35)24(34)22-18(25(27,28)29)9-7-10-19(22)26(30,31)32/h5-12H,1-4H3. The molecule has 3 aromatic carbocycles. The quantitative estimate of drug-likeness (QED) is 0.197. The molecule has 0 fully saturated rings. The number of carbonyl (C=O) groups is 2. The maximum Gasteiger partial charge on any atom is 0.417 e. The van der Waals surface area contributed by atoms with Crippen molar-refractivity contribution in [3.8, 4) is 0 Å². The van der Waals surface area contributed by atoms with E-state index >= 15 is 0 Å². The number of aryl methyl sites for hydroxylation is 2. The molecular weight excluding hydrogens is 505 g/mol. The summed E-state index contributed by atoms with van der Waals surface area (Å²) < 4.78 is 94.7. The first-order valence-electron chi connectivity index (χ1n) is 10.6. The number of ketones is 1. The first-order chi connectivity index (χ1) is 16.6. The lowest BCUT2D eigenvalue weighted by molar-refractivity contribution is -0.143. The van der Waals surface area contributed by atoms with Gasteiger partial charge in [-0.1, -0.05) is 24.3 Å². The Morgan fingerprint density at radius 3 is 1.64 bits per heavy atom. The van der Waals surface area contributed by atoms with Gasteiger partial charge in [-0.25, -0.2) is 0 Å². The van der Waals surface area contributed by atoms with Crippen molar-refractivity contribution in [3.05, 3.63) is 98.6 Å². The number of hydrogen-bond donors (Lipinski definition) is 0. The smallest absolute Gasteiger partial charge is 0.289 e. The fourth-order valence-electron chi connectivity index (χ4n) is 4.00. The Labute approximate surface area is 203 Å². The van der Waals surface area contributed by atoms with Gasteiger partial charge < -0.3 is 0 Å². The Balaban J connectivity index is 2.22. The third-order valence-electron chi connectivity index (χ3n) is 6.03. The molecule has 1 atom stereocenters. The highest BCUT2D eigenvalue weighted by Crippen LogP contribution is 2.43. The molecule has 3 nitrogen and oxygen atoms in total. The molecule has 10 heteroatoms. The van der Waals surface area contributed by atoms with Gasteiger partial charge in [-0.2, -0.15) is 26.3 Å².